The second-order valence-electron chi connectivity index (χ2n) is 7.27. The van der Waals surface area contributed by atoms with Crippen LogP contribution >= 0.6 is 0 Å². The number of carbonyl (C=O) groups is 1. The van der Waals surface area contributed by atoms with Crippen molar-refractivity contribution >= 4 is 11.7 Å². The Morgan fingerprint density at radius 1 is 1.15 bits per heavy atom. The Labute approximate surface area is 154 Å². The highest BCUT2D eigenvalue weighted by atomic mass is 19.4. The molecule has 3 heterocycles. The van der Waals surface area contributed by atoms with E-state index >= 15 is 0 Å². The molecule has 27 heavy (non-hydrogen) atoms. The first-order valence-electron chi connectivity index (χ1n) is 9.08. The van der Waals surface area contributed by atoms with Crippen molar-refractivity contribution in [3.63, 3.8) is 0 Å². The first kappa shape index (κ1) is 19.8. The van der Waals surface area contributed by atoms with Crippen LogP contribution in [0.5, 0.6) is 0 Å². The molecule has 0 bridgehead atoms. The van der Waals surface area contributed by atoms with Crippen molar-refractivity contribution in [2.24, 2.45) is 5.92 Å². The first-order chi connectivity index (χ1) is 12.6. The predicted octanol–water partition coefficient (Wildman–Crippen LogP) is 3.96. The number of piperidine rings is 2. The van der Waals surface area contributed by atoms with E-state index in [9.17, 15) is 26.7 Å². The number of halogens is 5. The Hall–Kier alpha value is -1.93. The van der Waals surface area contributed by atoms with Crippen molar-refractivity contribution in [3.8, 4) is 0 Å². The zero-order chi connectivity index (χ0) is 19.7. The maximum absolute atomic E-state index is 13.2. The molecule has 2 fully saturated rings. The number of hydrogen-bond acceptors (Lipinski definition) is 3. The molecule has 0 aliphatic carbocycles. The van der Waals surface area contributed by atoms with E-state index in [0.29, 0.717) is 32.4 Å². The number of aromatic nitrogens is 1. The van der Waals surface area contributed by atoms with Crippen LogP contribution < -0.4 is 4.90 Å². The lowest BCUT2D eigenvalue weighted by Gasteiger charge is -2.35. The van der Waals surface area contributed by atoms with Gasteiger partial charge in [-0.15, -0.1) is 0 Å². The van der Waals surface area contributed by atoms with Gasteiger partial charge in [0.2, 0.25) is 5.91 Å². The molecule has 1 aromatic rings. The van der Waals surface area contributed by atoms with E-state index in [2.05, 4.69) is 4.98 Å². The Kier molecular flexibility index (Phi) is 5.58. The summed E-state index contributed by atoms with van der Waals surface area (Å²) >= 11 is 0. The van der Waals surface area contributed by atoms with Gasteiger partial charge in [0.15, 0.2) is 0 Å². The summed E-state index contributed by atoms with van der Waals surface area (Å²) in [7, 11) is 0. The van der Waals surface area contributed by atoms with Crippen molar-refractivity contribution in [2.45, 2.75) is 44.2 Å². The van der Waals surface area contributed by atoms with E-state index in [0.717, 1.165) is 18.3 Å². The predicted molar refractivity (Wildman–Crippen MR) is 89.6 cm³/mol. The van der Waals surface area contributed by atoms with Crippen molar-refractivity contribution in [1.29, 1.82) is 0 Å². The largest absolute Gasteiger partial charge is 0.416 e. The molecule has 2 aliphatic heterocycles. The van der Waals surface area contributed by atoms with Crippen LogP contribution in [-0.2, 0) is 11.0 Å². The molecule has 2 saturated heterocycles. The molecule has 0 unspecified atom stereocenters. The van der Waals surface area contributed by atoms with Gasteiger partial charge in [0.25, 0.3) is 5.92 Å². The van der Waals surface area contributed by atoms with Crippen LogP contribution in [0.3, 0.4) is 0 Å². The van der Waals surface area contributed by atoms with Crippen molar-refractivity contribution < 1.29 is 26.7 Å². The molecule has 0 saturated carbocycles. The molecule has 150 valence electrons. The highest BCUT2D eigenvalue weighted by Crippen LogP contribution is 2.33. The first-order valence-corrected chi connectivity index (χ1v) is 9.08. The van der Waals surface area contributed by atoms with Crippen molar-refractivity contribution in [3.05, 3.63) is 23.9 Å². The van der Waals surface area contributed by atoms with Crippen LogP contribution in [0.1, 0.15) is 37.7 Å². The van der Waals surface area contributed by atoms with Gasteiger partial charge in [-0.3, -0.25) is 4.79 Å². The van der Waals surface area contributed by atoms with E-state index in [1.165, 1.54) is 4.90 Å². The molecular weight excluding hydrogens is 369 g/mol. The third kappa shape index (κ3) is 5.07. The molecule has 4 nitrogen and oxygen atoms in total. The second kappa shape index (κ2) is 7.59. The molecule has 3 rings (SSSR count). The minimum absolute atomic E-state index is 0.0822. The molecule has 0 aromatic carbocycles. The Morgan fingerprint density at radius 3 is 2.37 bits per heavy atom. The molecule has 0 spiro atoms. The molecule has 1 amide bonds. The van der Waals surface area contributed by atoms with Crippen LogP contribution in [0.15, 0.2) is 18.3 Å². The number of nitrogens with zero attached hydrogens (tertiary/aromatic N) is 3. The fraction of sp³-hybridized carbons (Fsp3) is 0.667. The van der Waals surface area contributed by atoms with Gasteiger partial charge in [-0.1, -0.05) is 0 Å². The van der Waals surface area contributed by atoms with Gasteiger partial charge >= 0.3 is 6.18 Å². The summed E-state index contributed by atoms with van der Waals surface area (Å²) in [6, 6.07) is 1.98. The molecule has 9 heteroatoms. The number of likely N-dealkylation sites (tertiary alicyclic amines) is 1. The molecule has 0 atom stereocenters. The third-order valence-corrected chi connectivity index (χ3v) is 5.32. The van der Waals surface area contributed by atoms with E-state index in [1.807, 2.05) is 0 Å². The molecule has 1 aromatic heterocycles. The number of alkyl halides is 5. The zero-order valence-corrected chi connectivity index (χ0v) is 14.8. The van der Waals surface area contributed by atoms with Crippen LogP contribution in [-0.4, -0.2) is 47.9 Å². The van der Waals surface area contributed by atoms with E-state index in [1.54, 1.807) is 4.90 Å². The molecular formula is C18H22F5N3O. The number of hydrogen-bond donors (Lipinski definition) is 0. The number of pyridine rings is 1. The molecule has 0 N–H and O–H groups in total. The van der Waals surface area contributed by atoms with Crippen LogP contribution in [0.4, 0.5) is 27.8 Å². The SMILES string of the molecule is O=C(CC1CCN(c2cc(C(F)(F)F)ccn2)CC1)N1CCC(F)(F)CC1. The van der Waals surface area contributed by atoms with Crippen molar-refractivity contribution in [1.82, 2.24) is 9.88 Å². The van der Waals surface area contributed by atoms with E-state index < -0.39 is 17.7 Å². The average molecular weight is 391 g/mol. The Morgan fingerprint density at radius 2 is 1.78 bits per heavy atom. The van der Waals surface area contributed by atoms with Gasteiger partial charge in [0.05, 0.1) is 5.56 Å². The Balaban J connectivity index is 1.50. The van der Waals surface area contributed by atoms with E-state index in [4.69, 9.17) is 0 Å². The van der Waals surface area contributed by atoms with Crippen LogP contribution in [0.2, 0.25) is 0 Å². The second-order valence-corrected chi connectivity index (χ2v) is 7.27. The standard InChI is InChI=1S/C18H22F5N3O/c19-17(20)4-9-26(10-5-17)16(27)11-13-2-7-25(8-3-13)15-12-14(1-6-24-15)18(21,22)23/h1,6,12-13H,2-5,7-11H2. The van der Waals surface area contributed by atoms with Crippen LogP contribution in [0, 0.1) is 5.92 Å². The van der Waals surface area contributed by atoms with E-state index in [-0.39, 0.29) is 43.6 Å². The van der Waals surface area contributed by atoms with Gasteiger partial charge in [-0.25, -0.2) is 13.8 Å². The summed E-state index contributed by atoms with van der Waals surface area (Å²) in [5.41, 5.74) is -0.730. The maximum Gasteiger partial charge on any atom is 0.416 e. The van der Waals surface area contributed by atoms with Gasteiger partial charge in [0, 0.05) is 51.6 Å². The summed E-state index contributed by atoms with van der Waals surface area (Å²) in [5.74, 6) is -2.39. The van der Waals surface area contributed by atoms with Crippen molar-refractivity contribution in [2.75, 3.05) is 31.1 Å². The summed E-state index contributed by atoms with van der Waals surface area (Å²) in [6.07, 6.45) is -2.22. The maximum atomic E-state index is 13.2. The van der Waals surface area contributed by atoms with Gasteiger partial charge in [-0.05, 0) is 30.9 Å². The zero-order valence-electron chi connectivity index (χ0n) is 14.8. The smallest absolute Gasteiger partial charge is 0.357 e. The van der Waals surface area contributed by atoms with Crippen LogP contribution in [0.25, 0.3) is 0 Å². The lowest BCUT2D eigenvalue weighted by molar-refractivity contribution is -0.139. The lowest BCUT2D eigenvalue weighted by Crippen LogP contribution is -2.44. The summed E-state index contributed by atoms with van der Waals surface area (Å²) < 4.78 is 64.9. The molecule has 0 radical (unpaired) electrons. The van der Waals surface area contributed by atoms with Gasteiger partial charge in [0.1, 0.15) is 5.82 Å². The lowest BCUT2D eigenvalue weighted by atomic mass is 9.92. The molecule has 2 aliphatic rings. The highest BCUT2D eigenvalue weighted by Gasteiger charge is 2.36. The topological polar surface area (TPSA) is 36.4 Å². The quantitative estimate of drug-likeness (QED) is 0.732. The Bertz CT molecular complexity index is 661. The van der Waals surface area contributed by atoms with Gasteiger partial charge in [-0.2, -0.15) is 13.2 Å². The van der Waals surface area contributed by atoms with Gasteiger partial charge < -0.3 is 9.80 Å². The number of amides is 1. The summed E-state index contributed by atoms with van der Waals surface area (Å²) in [5, 5.41) is 0. The number of anilines is 1. The monoisotopic (exact) mass is 391 g/mol. The summed E-state index contributed by atoms with van der Waals surface area (Å²) in [6.45, 7) is 1.20. The normalized spacial score (nSPS) is 21.4. The summed E-state index contributed by atoms with van der Waals surface area (Å²) in [4.78, 5) is 19.6. The third-order valence-electron chi connectivity index (χ3n) is 5.32. The minimum Gasteiger partial charge on any atom is -0.357 e. The number of carbonyl (C=O) groups excluding carboxylic acids is 1. The number of rotatable bonds is 3. The highest BCUT2D eigenvalue weighted by molar-refractivity contribution is 5.76. The fourth-order valence-corrected chi connectivity index (χ4v) is 3.59. The fourth-order valence-electron chi connectivity index (χ4n) is 3.59. The minimum atomic E-state index is -4.41. The average Bonchev–Trinajstić information content (AvgIpc) is 2.61.